The molecular formula is C28H33N3O4. The maximum absolute atomic E-state index is 13.7. The Balaban J connectivity index is 1.52. The van der Waals surface area contributed by atoms with E-state index in [0.717, 1.165) is 66.6 Å². The first-order valence-electron chi connectivity index (χ1n) is 12.3. The van der Waals surface area contributed by atoms with Crippen LogP contribution >= 0.6 is 0 Å². The molecule has 3 aromatic rings. The van der Waals surface area contributed by atoms with E-state index in [1.54, 1.807) is 32.4 Å². The maximum Gasteiger partial charge on any atom is 0.254 e. The quantitative estimate of drug-likeness (QED) is 0.548. The molecule has 1 amide bonds. The number of rotatable bonds is 7. The van der Waals surface area contributed by atoms with Crippen molar-refractivity contribution in [3.8, 4) is 11.5 Å². The van der Waals surface area contributed by atoms with Crippen molar-refractivity contribution in [3.63, 3.8) is 0 Å². The van der Waals surface area contributed by atoms with Crippen molar-refractivity contribution < 1.29 is 19.4 Å². The number of ether oxygens (including phenoxy) is 2. The van der Waals surface area contributed by atoms with Gasteiger partial charge in [0.15, 0.2) is 11.5 Å². The Hall–Kier alpha value is -3.32. The minimum absolute atomic E-state index is 0.0159. The van der Waals surface area contributed by atoms with E-state index in [1.807, 2.05) is 11.0 Å². The number of aromatic nitrogens is 1. The van der Waals surface area contributed by atoms with Gasteiger partial charge in [-0.1, -0.05) is 18.2 Å². The highest BCUT2D eigenvalue weighted by Crippen LogP contribution is 2.35. The van der Waals surface area contributed by atoms with Crippen molar-refractivity contribution in [2.24, 2.45) is 0 Å². The van der Waals surface area contributed by atoms with Gasteiger partial charge in [0.05, 0.1) is 25.8 Å². The monoisotopic (exact) mass is 475 g/mol. The largest absolute Gasteiger partial charge is 0.493 e. The minimum atomic E-state index is -0.258. The lowest BCUT2D eigenvalue weighted by Gasteiger charge is -2.33. The van der Waals surface area contributed by atoms with Crippen LogP contribution in [0.1, 0.15) is 47.2 Å². The van der Waals surface area contributed by atoms with Gasteiger partial charge in [0.2, 0.25) is 0 Å². The minimum Gasteiger partial charge on any atom is -0.493 e. The fraction of sp³-hybridized carbons (Fsp3) is 0.429. The molecule has 0 spiro atoms. The number of nitrogens with zero attached hydrogens (tertiary/aromatic N) is 3. The molecule has 2 aromatic carbocycles. The summed E-state index contributed by atoms with van der Waals surface area (Å²) in [6.45, 7) is 4.08. The molecule has 0 bridgehead atoms. The van der Waals surface area contributed by atoms with E-state index in [9.17, 15) is 9.90 Å². The molecule has 1 saturated carbocycles. The molecule has 1 saturated heterocycles. The smallest absolute Gasteiger partial charge is 0.254 e. The maximum atomic E-state index is 13.7. The van der Waals surface area contributed by atoms with Gasteiger partial charge in [0.1, 0.15) is 5.82 Å². The van der Waals surface area contributed by atoms with Crippen molar-refractivity contribution in [1.82, 2.24) is 9.88 Å². The Kier molecular flexibility index (Phi) is 6.52. The Morgan fingerprint density at radius 1 is 1.06 bits per heavy atom. The third-order valence-electron chi connectivity index (χ3n) is 7.09. The molecule has 184 valence electrons. The molecule has 2 aliphatic rings. The van der Waals surface area contributed by atoms with Crippen LogP contribution in [0.3, 0.4) is 0 Å². The average Bonchev–Trinajstić information content (AvgIpc) is 3.72. The van der Waals surface area contributed by atoms with E-state index in [2.05, 4.69) is 30.0 Å². The van der Waals surface area contributed by atoms with Gasteiger partial charge < -0.3 is 24.4 Å². The molecule has 35 heavy (non-hydrogen) atoms. The van der Waals surface area contributed by atoms with Gasteiger partial charge in [-0.25, -0.2) is 4.98 Å². The highest BCUT2D eigenvalue weighted by molar-refractivity contribution is 5.95. The Bertz CT molecular complexity index is 1230. The van der Waals surface area contributed by atoms with E-state index in [0.29, 0.717) is 23.6 Å². The first kappa shape index (κ1) is 23.4. The SMILES string of the molecule is COc1ccc(C(=O)N(Cc2cc3cccc(C)c3nc2N2CCC(O)CC2)C2CC2)cc1OC. The molecule has 1 aliphatic heterocycles. The van der Waals surface area contributed by atoms with Crippen LogP contribution in [0, 0.1) is 6.92 Å². The van der Waals surface area contributed by atoms with Gasteiger partial charge in [-0.3, -0.25) is 4.79 Å². The summed E-state index contributed by atoms with van der Waals surface area (Å²) < 4.78 is 10.8. The van der Waals surface area contributed by atoms with Gasteiger partial charge in [-0.15, -0.1) is 0 Å². The van der Waals surface area contributed by atoms with Crippen LogP contribution < -0.4 is 14.4 Å². The number of hydrogen-bond donors (Lipinski definition) is 1. The summed E-state index contributed by atoms with van der Waals surface area (Å²) in [6.07, 6.45) is 3.20. The Morgan fingerprint density at radius 3 is 2.49 bits per heavy atom. The van der Waals surface area contributed by atoms with E-state index in [-0.39, 0.29) is 18.1 Å². The number of pyridine rings is 1. The number of piperidine rings is 1. The van der Waals surface area contributed by atoms with Crippen molar-refractivity contribution in [2.45, 2.75) is 51.3 Å². The third-order valence-corrected chi connectivity index (χ3v) is 7.09. The van der Waals surface area contributed by atoms with Crippen molar-refractivity contribution >= 4 is 22.6 Å². The molecule has 0 unspecified atom stereocenters. The number of carbonyl (C=O) groups is 1. The van der Waals surface area contributed by atoms with E-state index in [4.69, 9.17) is 14.5 Å². The second-order valence-electron chi connectivity index (χ2n) is 9.57. The number of anilines is 1. The topological polar surface area (TPSA) is 75.1 Å². The third kappa shape index (κ3) is 4.78. The van der Waals surface area contributed by atoms with Crippen LogP contribution in [0.4, 0.5) is 5.82 Å². The average molecular weight is 476 g/mol. The lowest BCUT2D eigenvalue weighted by Crippen LogP contribution is -2.38. The Labute approximate surface area is 206 Å². The van der Waals surface area contributed by atoms with E-state index < -0.39 is 0 Å². The number of amides is 1. The number of aliphatic hydroxyl groups is 1. The molecule has 1 N–H and O–H groups in total. The zero-order chi connectivity index (χ0) is 24.5. The molecule has 7 nitrogen and oxygen atoms in total. The summed E-state index contributed by atoms with van der Waals surface area (Å²) in [7, 11) is 3.17. The summed E-state index contributed by atoms with van der Waals surface area (Å²) in [5.41, 5.74) is 3.75. The second kappa shape index (κ2) is 9.74. The van der Waals surface area contributed by atoms with Crippen LogP contribution in [-0.4, -0.2) is 60.4 Å². The zero-order valence-corrected chi connectivity index (χ0v) is 20.7. The number of aliphatic hydroxyl groups excluding tert-OH is 1. The fourth-order valence-corrected chi connectivity index (χ4v) is 4.92. The molecule has 2 heterocycles. The molecule has 0 atom stereocenters. The summed E-state index contributed by atoms with van der Waals surface area (Å²) in [4.78, 5) is 23.1. The zero-order valence-electron chi connectivity index (χ0n) is 20.7. The van der Waals surface area contributed by atoms with Crippen molar-refractivity contribution in [3.05, 3.63) is 59.2 Å². The molecule has 7 heteroatoms. The van der Waals surface area contributed by atoms with Crippen LogP contribution in [0.5, 0.6) is 11.5 Å². The molecular weight excluding hydrogens is 442 g/mol. The van der Waals surface area contributed by atoms with Gasteiger partial charge >= 0.3 is 0 Å². The molecule has 0 radical (unpaired) electrons. The number of hydrogen-bond acceptors (Lipinski definition) is 6. The highest BCUT2D eigenvalue weighted by Gasteiger charge is 2.34. The van der Waals surface area contributed by atoms with Crippen LogP contribution in [0.15, 0.2) is 42.5 Å². The standard InChI is InChI=1S/C28H33N3O4/c1-18-5-4-6-19-15-21(27(29-26(18)19)30-13-11-23(32)12-14-30)17-31(22-8-9-22)28(33)20-7-10-24(34-2)25(16-20)35-3/h4-7,10,15-16,22-23,32H,8-9,11-14,17H2,1-3H3. The first-order chi connectivity index (χ1) is 17.0. The van der Waals surface area contributed by atoms with E-state index >= 15 is 0 Å². The summed E-state index contributed by atoms with van der Waals surface area (Å²) in [5.74, 6) is 2.05. The first-order valence-corrected chi connectivity index (χ1v) is 12.3. The van der Waals surface area contributed by atoms with Crippen molar-refractivity contribution in [2.75, 3.05) is 32.2 Å². The van der Waals surface area contributed by atoms with E-state index in [1.165, 1.54) is 0 Å². The lowest BCUT2D eigenvalue weighted by atomic mass is 10.0. The second-order valence-corrected chi connectivity index (χ2v) is 9.57. The van der Waals surface area contributed by atoms with Crippen LogP contribution in [0.25, 0.3) is 10.9 Å². The molecule has 1 aromatic heterocycles. The van der Waals surface area contributed by atoms with Gasteiger partial charge in [-0.2, -0.15) is 0 Å². The highest BCUT2D eigenvalue weighted by atomic mass is 16.5. The van der Waals surface area contributed by atoms with Crippen LogP contribution in [-0.2, 0) is 6.54 Å². The molecule has 2 fully saturated rings. The van der Waals surface area contributed by atoms with Crippen molar-refractivity contribution in [1.29, 1.82) is 0 Å². The summed E-state index contributed by atoms with van der Waals surface area (Å²) >= 11 is 0. The fourth-order valence-electron chi connectivity index (χ4n) is 4.92. The number of para-hydroxylation sites is 1. The lowest BCUT2D eigenvalue weighted by molar-refractivity contribution is 0.0729. The van der Waals surface area contributed by atoms with Gasteiger partial charge in [0, 0.05) is 42.2 Å². The number of carbonyl (C=O) groups excluding carboxylic acids is 1. The normalized spacial score (nSPS) is 16.4. The number of aryl methyl sites for hydroxylation is 1. The molecule has 1 aliphatic carbocycles. The Morgan fingerprint density at radius 2 is 1.80 bits per heavy atom. The molecule has 5 rings (SSSR count). The van der Waals surface area contributed by atoms with Gasteiger partial charge in [0.25, 0.3) is 5.91 Å². The predicted molar refractivity (Wildman–Crippen MR) is 136 cm³/mol. The number of benzene rings is 2. The number of fused-ring (bicyclic) bond motifs is 1. The summed E-state index contributed by atoms with van der Waals surface area (Å²) in [5, 5.41) is 11.1. The van der Waals surface area contributed by atoms with Gasteiger partial charge in [-0.05, 0) is 62.4 Å². The summed E-state index contributed by atoms with van der Waals surface area (Å²) in [6, 6.07) is 14.0. The van der Waals surface area contributed by atoms with Crippen LogP contribution in [0.2, 0.25) is 0 Å². The number of methoxy groups -OCH3 is 2. The predicted octanol–water partition coefficient (Wildman–Crippen LogP) is 4.33.